The highest BCUT2D eigenvalue weighted by Crippen LogP contribution is 2.16. The minimum Gasteiger partial charge on any atom is -0.479 e. The average molecular weight is 273 g/mol. The molecule has 0 aliphatic heterocycles. The SMILES string of the molecule is CCCCCCCCCCC(N)CC(C)(O)C(=O)O. The Kier molecular flexibility index (Phi) is 9.88. The van der Waals surface area contributed by atoms with Crippen LogP contribution in [0.15, 0.2) is 0 Å². The van der Waals surface area contributed by atoms with E-state index in [-0.39, 0.29) is 12.5 Å². The van der Waals surface area contributed by atoms with Crippen molar-refractivity contribution in [3.8, 4) is 0 Å². The third kappa shape index (κ3) is 9.91. The summed E-state index contributed by atoms with van der Waals surface area (Å²) in [5.74, 6) is -1.20. The molecule has 0 rings (SSSR count). The lowest BCUT2D eigenvalue weighted by atomic mass is 9.94. The summed E-state index contributed by atoms with van der Waals surface area (Å²) in [5, 5.41) is 18.4. The van der Waals surface area contributed by atoms with Crippen LogP contribution in [0, 0.1) is 0 Å². The van der Waals surface area contributed by atoms with Gasteiger partial charge in [-0.2, -0.15) is 0 Å². The quantitative estimate of drug-likeness (QED) is 0.477. The first-order chi connectivity index (χ1) is 8.90. The first-order valence-corrected chi connectivity index (χ1v) is 7.61. The topological polar surface area (TPSA) is 83.5 Å². The molecule has 0 aliphatic carbocycles. The molecule has 0 saturated heterocycles. The number of aliphatic hydroxyl groups is 1. The van der Waals surface area contributed by atoms with Crippen LogP contribution in [0.25, 0.3) is 0 Å². The van der Waals surface area contributed by atoms with Gasteiger partial charge in [-0.05, 0) is 13.3 Å². The highest BCUT2D eigenvalue weighted by Gasteiger charge is 2.31. The van der Waals surface area contributed by atoms with Gasteiger partial charge in [0.15, 0.2) is 5.60 Å². The van der Waals surface area contributed by atoms with Crippen LogP contribution in [0.5, 0.6) is 0 Å². The molecule has 0 bridgehead atoms. The molecule has 0 amide bonds. The number of carboxylic acids is 1. The molecule has 0 spiro atoms. The molecular formula is C15H31NO3. The van der Waals surface area contributed by atoms with Gasteiger partial charge in [-0.15, -0.1) is 0 Å². The zero-order valence-electron chi connectivity index (χ0n) is 12.5. The molecule has 0 fully saturated rings. The van der Waals surface area contributed by atoms with E-state index in [0.717, 1.165) is 19.3 Å². The Bertz CT molecular complexity index is 242. The standard InChI is InChI=1S/C15H31NO3/c1-3-4-5-6-7-8-9-10-11-13(16)12-15(2,19)14(17)18/h13,19H,3-12,16H2,1-2H3,(H,17,18). The Labute approximate surface area is 117 Å². The van der Waals surface area contributed by atoms with Crippen molar-refractivity contribution in [2.75, 3.05) is 0 Å². The van der Waals surface area contributed by atoms with Crippen molar-refractivity contribution in [1.29, 1.82) is 0 Å². The first kappa shape index (κ1) is 18.4. The van der Waals surface area contributed by atoms with E-state index < -0.39 is 11.6 Å². The maximum atomic E-state index is 10.8. The van der Waals surface area contributed by atoms with Crippen LogP contribution in [0.3, 0.4) is 0 Å². The summed E-state index contributed by atoms with van der Waals surface area (Å²) in [6.45, 7) is 3.52. The van der Waals surface area contributed by atoms with Crippen molar-refractivity contribution in [3.05, 3.63) is 0 Å². The Balaban J connectivity index is 3.49. The van der Waals surface area contributed by atoms with Crippen molar-refractivity contribution in [3.63, 3.8) is 0 Å². The normalized spacial score (nSPS) is 16.0. The Hall–Kier alpha value is -0.610. The first-order valence-electron chi connectivity index (χ1n) is 7.61. The van der Waals surface area contributed by atoms with E-state index in [1.54, 1.807) is 0 Å². The zero-order chi connectivity index (χ0) is 14.7. The van der Waals surface area contributed by atoms with Crippen molar-refractivity contribution < 1.29 is 15.0 Å². The summed E-state index contributed by atoms with van der Waals surface area (Å²) in [7, 11) is 0. The summed E-state index contributed by atoms with van der Waals surface area (Å²) < 4.78 is 0. The van der Waals surface area contributed by atoms with Gasteiger partial charge in [0.25, 0.3) is 0 Å². The highest BCUT2D eigenvalue weighted by atomic mass is 16.4. The third-order valence-electron chi connectivity index (χ3n) is 3.55. The van der Waals surface area contributed by atoms with Gasteiger partial charge in [0, 0.05) is 12.5 Å². The number of unbranched alkanes of at least 4 members (excludes halogenated alkanes) is 7. The second-order valence-corrected chi connectivity index (χ2v) is 5.81. The summed E-state index contributed by atoms with van der Waals surface area (Å²) >= 11 is 0. The van der Waals surface area contributed by atoms with Gasteiger partial charge in [-0.25, -0.2) is 4.79 Å². The fourth-order valence-corrected chi connectivity index (χ4v) is 2.24. The summed E-state index contributed by atoms with van der Waals surface area (Å²) in [6.07, 6.45) is 10.8. The lowest BCUT2D eigenvalue weighted by Crippen LogP contribution is -2.41. The Morgan fingerprint density at radius 2 is 1.58 bits per heavy atom. The number of hydrogen-bond donors (Lipinski definition) is 3. The Morgan fingerprint density at radius 1 is 1.11 bits per heavy atom. The van der Waals surface area contributed by atoms with Crippen LogP contribution in [0.4, 0.5) is 0 Å². The minimum atomic E-state index is -1.69. The van der Waals surface area contributed by atoms with Gasteiger partial charge in [0.05, 0.1) is 0 Å². The minimum absolute atomic E-state index is 0.124. The van der Waals surface area contributed by atoms with Gasteiger partial charge in [0.1, 0.15) is 0 Å². The van der Waals surface area contributed by atoms with E-state index in [0.29, 0.717) is 0 Å². The van der Waals surface area contributed by atoms with Gasteiger partial charge in [-0.1, -0.05) is 58.3 Å². The number of rotatable bonds is 12. The molecule has 0 radical (unpaired) electrons. The molecule has 4 heteroatoms. The van der Waals surface area contributed by atoms with E-state index in [2.05, 4.69) is 6.92 Å². The van der Waals surface area contributed by atoms with Crippen LogP contribution < -0.4 is 5.73 Å². The second-order valence-electron chi connectivity index (χ2n) is 5.81. The number of nitrogens with two attached hydrogens (primary N) is 1. The molecule has 4 nitrogen and oxygen atoms in total. The smallest absolute Gasteiger partial charge is 0.335 e. The predicted octanol–water partition coefficient (Wildman–Crippen LogP) is 3.07. The number of hydrogen-bond acceptors (Lipinski definition) is 3. The van der Waals surface area contributed by atoms with Crippen molar-refractivity contribution in [2.45, 2.75) is 89.7 Å². The summed E-state index contributed by atoms with van der Waals surface area (Å²) in [6, 6.07) is -0.230. The molecule has 0 saturated carbocycles. The van der Waals surface area contributed by atoms with E-state index in [9.17, 15) is 9.90 Å². The van der Waals surface area contributed by atoms with Crippen LogP contribution >= 0.6 is 0 Å². The molecule has 0 aromatic carbocycles. The molecular weight excluding hydrogens is 242 g/mol. The van der Waals surface area contributed by atoms with E-state index >= 15 is 0 Å². The van der Waals surface area contributed by atoms with Crippen molar-refractivity contribution in [1.82, 2.24) is 0 Å². The maximum Gasteiger partial charge on any atom is 0.335 e. The van der Waals surface area contributed by atoms with Crippen molar-refractivity contribution >= 4 is 5.97 Å². The van der Waals surface area contributed by atoms with Gasteiger partial charge >= 0.3 is 5.97 Å². The largest absolute Gasteiger partial charge is 0.479 e. The van der Waals surface area contributed by atoms with Gasteiger partial charge in [0.2, 0.25) is 0 Å². The lowest BCUT2D eigenvalue weighted by Gasteiger charge is -2.22. The van der Waals surface area contributed by atoms with Gasteiger partial charge in [-0.3, -0.25) is 0 Å². The third-order valence-corrected chi connectivity index (χ3v) is 3.55. The molecule has 2 unspecified atom stereocenters. The number of aliphatic carboxylic acids is 1. The molecule has 0 aromatic rings. The van der Waals surface area contributed by atoms with E-state index in [1.807, 2.05) is 0 Å². The van der Waals surface area contributed by atoms with E-state index in [4.69, 9.17) is 10.8 Å². The van der Waals surface area contributed by atoms with Crippen LogP contribution in [0.1, 0.15) is 78.1 Å². The van der Waals surface area contributed by atoms with Crippen LogP contribution in [-0.2, 0) is 4.79 Å². The van der Waals surface area contributed by atoms with Crippen LogP contribution in [-0.4, -0.2) is 27.8 Å². The van der Waals surface area contributed by atoms with Gasteiger partial charge < -0.3 is 15.9 Å². The fourth-order valence-electron chi connectivity index (χ4n) is 2.24. The molecule has 0 aliphatic rings. The lowest BCUT2D eigenvalue weighted by molar-refractivity contribution is -0.157. The number of carboxylic acid groups (broad SMARTS) is 1. The molecule has 114 valence electrons. The van der Waals surface area contributed by atoms with E-state index in [1.165, 1.54) is 45.4 Å². The highest BCUT2D eigenvalue weighted by molar-refractivity contribution is 5.76. The molecule has 0 heterocycles. The maximum absolute atomic E-state index is 10.8. The predicted molar refractivity (Wildman–Crippen MR) is 78.1 cm³/mol. The fraction of sp³-hybridized carbons (Fsp3) is 0.933. The molecule has 0 aromatic heterocycles. The monoisotopic (exact) mass is 273 g/mol. The Morgan fingerprint density at radius 3 is 2.05 bits per heavy atom. The molecule has 4 N–H and O–H groups in total. The molecule has 19 heavy (non-hydrogen) atoms. The summed E-state index contributed by atoms with van der Waals surface area (Å²) in [4.78, 5) is 10.8. The molecule has 2 atom stereocenters. The average Bonchev–Trinajstić information content (AvgIpc) is 2.31. The van der Waals surface area contributed by atoms with Crippen molar-refractivity contribution in [2.24, 2.45) is 5.73 Å². The second kappa shape index (κ2) is 10.2. The zero-order valence-corrected chi connectivity index (χ0v) is 12.5. The number of carbonyl (C=O) groups is 1. The van der Waals surface area contributed by atoms with Crippen LogP contribution in [0.2, 0.25) is 0 Å². The summed E-state index contributed by atoms with van der Waals surface area (Å²) in [5.41, 5.74) is 4.16.